The fourth-order valence-electron chi connectivity index (χ4n) is 4.14. The lowest BCUT2D eigenvalue weighted by Crippen LogP contribution is -1.93. The Labute approximate surface area is 166 Å². The maximum Gasteiger partial charge on any atom is 0.240 e. The van der Waals surface area contributed by atoms with Crippen LogP contribution in [0.4, 0.5) is 5.95 Å². The third-order valence-corrected chi connectivity index (χ3v) is 5.38. The van der Waals surface area contributed by atoms with Crippen LogP contribution in [0.1, 0.15) is 0 Å². The van der Waals surface area contributed by atoms with Gasteiger partial charge in [-0.3, -0.25) is 0 Å². The van der Waals surface area contributed by atoms with Crippen molar-refractivity contribution >= 4 is 33.4 Å². The molecule has 0 aliphatic heterocycles. The van der Waals surface area contributed by atoms with Gasteiger partial charge in [-0.05, 0) is 48.0 Å². The maximum atomic E-state index is 5.82. The number of hydrogen-bond donors (Lipinski definition) is 1. The highest BCUT2D eigenvalue weighted by Crippen LogP contribution is 2.35. The highest BCUT2D eigenvalue weighted by molar-refractivity contribution is 6.10. The number of fused-ring (bicyclic) bond motifs is 4. The monoisotopic (exact) mass is 375 g/mol. The average Bonchev–Trinajstić information content (AvgIpc) is 3.30. The summed E-state index contributed by atoms with van der Waals surface area (Å²) in [5, 5.41) is 6.66. The molecule has 0 saturated carbocycles. The Kier molecular flexibility index (Phi) is 3.25. The van der Waals surface area contributed by atoms with Gasteiger partial charge in [0.2, 0.25) is 5.95 Å². The smallest absolute Gasteiger partial charge is 0.240 e. The molecule has 2 N–H and O–H groups in total. The first-order chi connectivity index (χ1) is 14.3. The Balaban J connectivity index is 1.68. The van der Waals surface area contributed by atoms with E-state index in [9.17, 15) is 0 Å². The third-order valence-electron chi connectivity index (χ3n) is 5.38. The molecule has 0 aliphatic carbocycles. The number of anilines is 1. The summed E-state index contributed by atoms with van der Waals surface area (Å²) in [5.41, 5.74) is 12.2. The molecular formula is C24H17N5. The minimum Gasteiger partial charge on any atom is -0.366 e. The zero-order valence-corrected chi connectivity index (χ0v) is 15.5. The molecule has 138 valence electrons. The molecule has 29 heavy (non-hydrogen) atoms. The van der Waals surface area contributed by atoms with Crippen molar-refractivity contribution in [3.8, 4) is 16.8 Å². The predicted octanol–water partition coefficient (Wildman–Crippen LogP) is 5.08. The zero-order chi connectivity index (χ0) is 19.4. The van der Waals surface area contributed by atoms with Crippen LogP contribution in [0.5, 0.6) is 0 Å². The Morgan fingerprint density at radius 2 is 1.52 bits per heavy atom. The first-order valence-corrected chi connectivity index (χ1v) is 9.49. The Bertz CT molecular complexity index is 1510. The summed E-state index contributed by atoms with van der Waals surface area (Å²) in [7, 11) is 0. The fourth-order valence-corrected chi connectivity index (χ4v) is 4.14. The zero-order valence-electron chi connectivity index (χ0n) is 15.5. The average molecular weight is 375 g/mol. The van der Waals surface area contributed by atoms with Crippen LogP contribution in [0, 0.1) is 0 Å². The van der Waals surface area contributed by atoms with Gasteiger partial charge >= 0.3 is 0 Å². The van der Waals surface area contributed by atoms with Gasteiger partial charge in [0, 0.05) is 28.2 Å². The summed E-state index contributed by atoms with van der Waals surface area (Å²) in [6, 6.07) is 29.6. The van der Waals surface area contributed by atoms with Gasteiger partial charge in [0.05, 0.1) is 11.0 Å². The summed E-state index contributed by atoms with van der Waals surface area (Å²) in [6.45, 7) is 0. The molecule has 0 amide bonds. The number of nitrogens with zero attached hydrogens (tertiary/aromatic N) is 4. The summed E-state index contributed by atoms with van der Waals surface area (Å²) in [5.74, 6) is 0.277. The molecule has 0 bridgehead atoms. The first-order valence-electron chi connectivity index (χ1n) is 9.49. The summed E-state index contributed by atoms with van der Waals surface area (Å²) in [4.78, 5) is 4.41. The second kappa shape index (κ2) is 5.94. The summed E-state index contributed by atoms with van der Waals surface area (Å²) < 4.78 is 4.03. The van der Waals surface area contributed by atoms with Crippen LogP contribution in [0.2, 0.25) is 0 Å². The minimum absolute atomic E-state index is 0.277. The second-order valence-corrected chi connectivity index (χ2v) is 7.08. The molecule has 6 aromatic rings. The highest BCUT2D eigenvalue weighted by atomic mass is 15.3. The molecule has 0 saturated heterocycles. The quantitative estimate of drug-likeness (QED) is 0.459. The molecule has 5 nitrogen and oxygen atoms in total. The summed E-state index contributed by atoms with van der Waals surface area (Å²) in [6.07, 6.45) is 1.86. The van der Waals surface area contributed by atoms with E-state index < -0.39 is 0 Å². The van der Waals surface area contributed by atoms with Gasteiger partial charge in [-0.2, -0.15) is 4.98 Å². The topological polar surface area (TPSA) is 61.1 Å². The molecule has 0 fully saturated rings. The molecule has 3 aromatic heterocycles. The van der Waals surface area contributed by atoms with E-state index in [0.29, 0.717) is 0 Å². The van der Waals surface area contributed by atoms with Crippen molar-refractivity contribution in [2.45, 2.75) is 0 Å². The van der Waals surface area contributed by atoms with Crippen molar-refractivity contribution in [3.63, 3.8) is 0 Å². The lowest BCUT2D eigenvalue weighted by molar-refractivity contribution is 0.969. The lowest BCUT2D eigenvalue weighted by Gasteiger charge is -2.08. The molecule has 0 spiro atoms. The number of nitrogens with two attached hydrogens (primary N) is 1. The second-order valence-electron chi connectivity index (χ2n) is 7.08. The Morgan fingerprint density at radius 3 is 2.41 bits per heavy atom. The predicted molar refractivity (Wildman–Crippen MR) is 117 cm³/mol. The van der Waals surface area contributed by atoms with E-state index in [-0.39, 0.29) is 5.95 Å². The Hall–Kier alpha value is -4.12. The number of para-hydroxylation sites is 2. The van der Waals surface area contributed by atoms with Gasteiger partial charge in [-0.1, -0.05) is 42.5 Å². The Morgan fingerprint density at radius 1 is 0.724 bits per heavy atom. The van der Waals surface area contributed by atoms with E-state index in [1.54, 1.807) is 4.52 Å². The normalized spacial score (nSPS) is 11.6. The molecule has 5 heteroatoms. The van der Waals surface area contributed by atoms with Gasteiger partial charge in [0.15, 0.2) is 5.65 Å². The fraction of sp³-hybridized carbons (Fsp3) is 0. The van der Waals surface area contributed by atoms with Gasteiger partial charge in [0.1, 0.15) is 0 Å². The van der Waals surface area contributed by atoms with E-state index in [4.69, 9.17) is 5.73 Å². The molecule has 0 radical (unpaired) electrons. The van der Waals surface area contributed by atoms with Crippen LogP contribution in [0.25, 0.3) is 44.3 Å². The van der Waals surface area contributed by atoms with Crippen molar-refractivity contribution in [2.75, 3.05) is 5.73 Å². The molecule has 0 atom stereocenters. The lowest BCUT2D eigenvalue weighted by atomic mass is 10.0. The summed E-state index contributed by atoms with van der Waals surface area (Å²) >= 11 is 0. The van der Waals surface area contributed by atoms with Crippen molar-refractivity contribution in [3.05, 3.63) is 91.1 Å². The van der Waals surface area contributed by atoms with Gasteiger partial charge < -0.3 is 10.3 Å². The van der Waals surface area contributed by atoms with Crippen LogP contribution in [-0.2, 0) is 0 Å². The van der Waals surface area contributed by atoms with Crippen LogP contribution in [0.3, 0.4) is 0 Å². The number of hydrogen-bond acceptors (Lipinski definition) is 3. The van der Waals surface area contributed by atoms with Crippen molar-refractivity contribution < 1.29 is 0 Å². The highest BCUT2D eigenvalue weighted by Gasteiger charge is 2.14. The molecular weight excluding hydrogens is 358 g/mol. The van der Waals surface area contributed by atoms with E-state index in [2.05, 4.69) is 87.4 Å². The van der Waals surface area contributed by atoms with Gasteiger partial charge in [-0.15, -0.1) is 5.10 Å². The van der Waals surface area contributed by atoms with E-state index in [1.165, 1.54) is 21.8 Å². The van der Waals surface area contributed by atoms with Crippen molar-refractivity contribution in [1.29, 1.82) is 0 Å². The SMILES string of the molecule is Nc1nc2c(-c3ccc4c(c3)c3ccccc3n4-c3ccccc3)cccn2n1. The number of rotatable bonds is 2. The van der Waals surface area contributed by atoms with Crippen LogP contribution < -0.4 is 5.73 Å². The van der Waals surface area contributed by atoms with Crippen molar-refractivity contribution in [2.24, 2.45) is 0 Å². The minimum atomic E-state index is 0.277. The maximum absolute atomic E-state index is 5.82. The van der Waals surface area contributed by atoms with E-state index in [0.717, 1.165) is 22.5 Å². The van der Waals surface area contributed by atoms with Gasteiger partial charge in [-0.25, -0.2) is 4.52 Å². The number of benzene rings is 3. The molecule has 3 heterocycles. The largest absolute Gasteiger partial charge is 0.366 e. The molecule has 0 unspecified atom stereocenters. The first kappa shape index (κ1) is 15.9. The molecule has 0 aliphatic rings. The molecule has 3 aromatic carbocycles. The number of pyridine rings is 1. The van der Waals surface area contributed by atoms with Crippen LogP contribution in [0.15, 0.2) is 91.1 Å². The van der Waals surface area contributed by atoms with E-state index >= 15 is 0 Å². The van der Waals surface area contributed by atoms with Crippen molar-refractivity contribution in [1.82, 2.24) is 19.2 Å². The van der Waals surface area contributed by atoms with E-state index in [1.807, 2.05) is 18.3 Å². The van der Waals surface area contributed by atoms with Crippen LogP contribution >= 0.6 is 0 Å². The number of aromatic nitrogens is 4. The third kappa shape index (κ3) is 2.34. The molecule has 6 rings (SSSR count). The van der Waals surface area contributed by atoms with Crippen LogP contribution in [-0.4, -0.2) is 19.2 Å². The van der Waals surface area contributed by atoms with Gasteiger partial charge in [0.25, 0.3) is 0 Å². The standard InChI is InChI=1S/C24H17N5/c25-24-26-23-18(10-6-14-28(23)27-24)16-12-13-22-20(15-16)19-9-4-5-11-21(19)29(22)17-7-2-1-3-8-17/h1-15H,(H2,25,27). The number of nitrogen functional groups attached to an aromatic ring is 1.